The summed E-state index contributed by atoms with van der Waals surface area (Å²) in [6, 6.07) is 65.6. The minimum absolute atomic E-state index is 0.286. The van der Waals surface area contributed by atoms with Gasteiger partial charge in [-0.2, -0.15) is 0 Å². The fraction of sp³-hybridized carbons (Fsp3) is 0.0833. The highest BCUT2D eigenvalue weighted by Gasteiger charge is 2.42. The molecule has 0 saturated carbocycles. The molecular formula is C48H37N2O3P. The molecule has 4 atom stereocenters. The molecule has 0 radical (unpaired) electrons. The van der Waals surface area contributed by atoms with Crippen LogP contribution in [0.5, 0.6) is 0 Å². The molecule has 0 amide bonds. The predicted molar refractivity (Wildman–Crippen MR) is 218 cm³/mol. The van der Waals surface area contributed by atoms with Gasteiger partial charge in [-0.3, -0.25) is 0 Å². The largest absolute Gasteiger partial charge is 0.467 e. The molecular weight excluding hydrogens is 684 g/mol. The maximum absolute atomic E-state index is 16.6. The number of benzene rings is 7. The Morgan fingerprint density at radius 1 is 0.370 bits per heavy atom. The van der Waals surface area contributed by atoms with Crippen molar-refractivity contribution in [3.63, 3.8) is 0 Å². The van der Waals surface area contributed by atoms with E-state index in [1.807, 2.05) is 152 Å². The van der Waals surface area contributed by atoms with Gasteiger partial charge in [-0.25, -0.2) is 9.98 Å². The molecule has 0 saturated heterocycles. The monoisotopic (exact) mass is 720 g/mol. The van der Waals surface area contributed by atoms with Gasteiger partial charge >= 0.3 is 0 Å². The van der Waals surface area contributed by atoms with Crippen LogP contribution in [-0.4, -0.2) is 11.8 Å². The summed E-state index contributed by atoms with van der Waals surface area (Å²) in [5.41, 5.74) is 5.53. The summed E-state index contributed by atoms with van der Waals surface area (Å²) >= 11 is 0. The van der Waals surface area contributed by atoms with E-state index >= 15 is 4.57 Å². The van der Waals surface area contributed by atoms with Gasteiger partial charge in [-0.15, -0.1) is 0 Å². The molecule has 0 spiro atoms. The zero-order chi connectivity index (χ0) is 36.3. The number of hydrogen-bond donors (Lipinski definition) is 0. The van der Waals surface area contributed by atoms with Crippen molar-refractivity contribution in [2.75, 3.05) is 0 Å². The van der Waals surface area contributed by atoms with E-state index in [1.54, 1.807) is 0 Å². The molecule has 54 heavy (non-hydrogen) atoms. The summed E-state index contributed by atoms with van der Waals surface area (Å²) in [6.07, 6.45) is -0.711. The molecule has 0 bridgehead atoms. The summed E-state index contributed by atoms with van der Waals surface area (Å²) < 4.78 is 30.2. The van der Waals surface area contributed by atoms with Crippen molar-refractivity contribution in [3.8, 4) is 0 Å². The van der Waals surface area contributed by atoms with E-state index < -0.39 is 7.14 Å². The highest BCUT2D eigenvalue weighted by atomic mass is 31.2. The van der Waals surface area contributed by atoms with Crippen LogP contribution in [0.25, 0.3) is 0 Å². The van der Waals surface area contributed by atoms with Crippen LogP contribution in [0.1, 0.15) is 57.7 Å². The molecule has 9 rings (SSSR count). The second-order valence-electron chi connectivity index (χ2n) is 13.5. The van der Waals surface area contributed by atoms with Gasteiger partial charge < -0.3 is 14.0 Å². The van der Waals surface area contributed by atoms with Gasteiger partial charge in [0.2, 0.25) is 11.8 Å². The van der Waals surface area contributed by atoms with Crippen LogP contribution in [0.2, 0.25) is 0 Å². The Balaban J connectivity index is 1.20. The fourth-order valence-corrected chi connectivity index (χ4v) is 10.6. The molecule has 7 aromatic rings. The fourth-order valence-electron chi connectivity index (χ4n) is 7.57. The van der Waals surface area contributed by atoms with Crippen molar-refractivity contribution in [3.05, 3.63) is 234 Å². The van der Waals surface area contributed by atoms with Gasteiger partial charge in [0, 0.05) is 27.0 Å². The normalized spacial score (nSPS) is 19.3. The SMILES string of the molecule is O=P(c1ccccc1)(c1ccccc1C1=N[C@@H](c2ccccc2)[C@@H](c2ccccc2)O1)c1ccccc1C1=N[C@@H](c2ccccc2)[C@@H](c2ccccc2)O1. The van der Waals surface area contributed by atoms with Crippen LogP contribution in [0.4, 0.5) is 0 Å². The molecule has 0 unspecified atom stereocenters. The lowest BCUT2D eigenvalue weighted by atomic mass is 9.97. The van der Waals surface area contributed by atoms with E-state index in [-0.39, 0.29) is 24.3 Å². The number of rotatable bonds is 9. The minimum atomic E-state index is -3.65. The van der Waals surface area contributed by atoms with Gasteiger partial charge in [0.05, 0.1) is 0 Å². The number of hydrogen-bond acceptors (Lipinski definition) is 5. The van der Waals surface area contributed by atoms with Crippen molar-refractivity contribution in [2.45, 2.75) is 24.3 Å². The molecule has 262 valence electrons. The van der Waals surface area contributed by atoms with Gasteiger partial charge in [-0.1, -0.05) is 188 Å². The summed E-state index contributed by atoms with van der Waals surface area (Å²) in [6.45, 7) is 0. The third kappa shape index (κ3) is 6.17. The van der Waals surface area contributed by atoms with E-state index in [9.17, 15) is 0 Å². The van der Waals surface area contributed by atoms with E-state index in [0.29, 0.717) is 38.8 Å². The van der Waals surface area contributed by atoms with Crippen LogP contribution >= 0.6 is 7.14 Å². The van der Waals surface area contributed by atoms with Crippen LogP contribution in [0.3, 0.4) is 0 Å². The Hall–Kier alpha value is -6.29. The van der Waals surface area contributed by atoms with Crippen molar-refractivity contribution < 1.29 is 14.0 Å². The zero-order valence-electron chi connectivity index (χ0n) is 29.4. The average molecular weight is 721 g/mol. The van der Waals surface area contributed by atoms with Crippen molar-refractivity contribution >= 4 is 34.9 Å². The second-order valence-corrected chi connectivity index (χ2v) is 16.2. The number of ether oxygens (including phenoxy) is 2. The number of aliphatic imine (C=N–C) groups is 2. The second kappa shape index (κ2) is 14.6. The first kappa shape index (κ1) is 33.5. The van der Waals surface area contributed by atoms with Crippen LogP contribution in [0.15, 0.2) is 210 Å². The Bertz CT molecular complexity index is 2340. The van der Waals surface area contributed by atoms with E-state index in [2.05, 4.69) is 48.5 Å². The zero-order valence-corrected chi connectivity index (χ0v) is 30.3. The average Bonchev–Trinajstić information content (AvgIpc) is 3.92. The molecule has 6 heteroatoms. The smallest absolute Gasteiger partial charge is 0.218 e. The first-order valence-corrected chi connectivity index (χ1v) is 19.9. The quantitative estimate of drug-likeness (QED) is 0.140. The highest BCUT2D eigenvalue weighted by molar-refractivity contribution is 7.85. The standard InChI is InChI=1S/C48H37N2O3P/c51-54(38-28-14-5-15-29-38,41-32-18-16-30-39(41)47-49-43(34-20-6-1-7-21-34)45(52-47)36-24-10-3-11-25-36)42-33-19-17-31-40(42)48-50-44(35-22-8-2-9-23-35)46(53-48)37-26-12-4-13-27-37/h1-33,43-46H/t43-,44-,45+,46+/m0/s1. The van der Waals surface area contributed by atoms with Crippen LogP contribution < -0.4 is 15.9 Å². The Labute approximate surface area is 315 Å². The first-order valence-electron chi connectivity index (χ1n) is 18.2. The lowest BCUT2D eigenvalue weighted by molar-refractivity contribution is 0.197. The molecule has 2 aliphatic rings. The van der Waals surface area contributed by atoms with Gasteiger partial charge in [0.15, 0.2) is 19.3 Å². The summed E-state index contributed by atoms with van der Waals surface area (Å²) in [4.78, 5) is 10.5. The molecule has 0 fully saturated rings. The Morgan fingerprint density at radius 2 is 0.685 bits per heavy atom. The Kier molecular flexibility index (Phi) is 9.08. The van der Waals surface area contributed by atoms with Crippen molar-refractivity contribution in [2.24, 2.45) is 9.98 Å². The van der Waals surface area contributed by atoms with Gasteiger partial charge in [-0.05, 0) is 34.4 Å². The van der Waals surface area contributed by atoms with Crippen LogP contribution in [-0.2, 0) is 14.0 Å². The lowest BCUT2D eigenvalue weighted by Gasteiger charge is -2.25. The molecule has 5 nitrogen and oxygen atoms in total. The molecule has 2 heterocycles. The van der Waals surface area contributed by atoms with Crippen molar-refractivity contribution in [1.29, 1.82) is 0 Å². The molecule has 0 aliphatic carbocycles. The molecule has 2 aliphatic heterocycles. The summed E-state index contributed by atoms with van der Waals surface area (Å²) in [5.74, 6) is 0.925. The molecule has 0 aromatic heterocycles. The topological polar surface area (TPSA) is 60.2 Å². The first-order chi connectivity index (χ1) is 26.7. The highest BCUT2D eigenvalue weighted by Crippen LogP contribution is 2.48. The van der Waals surface area contributed by atoms with E-state index in [0.717, 1.165) is 22.3 Å². The maximum atomic E-state index is 16.6. The van der Waals surface area contributed by atoms with Crippen molar-refractivity contribution in [1.82, 2.24) is 0 Å². The minimum Gasteiger partial charge on any atom is -0.467 e. The third-order valence-corrected chi connectivity index (χ3v) is 13.3. The molecule has 7 aromatic carbocycles. The third-order valence-electron chi connectivity index (χ3n) is 10.2. The van der Waals surface area contributed by atoms with Gasteiger partial charge in [0.25, 0.3) is 0 Å². The number of nitrogens with zero attached hydrogens (tertiary/aromatic N) is 2. The maximum Gasteiger partial charge on any atom is 0.218 e. The van der Waals surface area contributed by atoms with Crippen LogP contribution in [0, 0.1) is 0 Å². The van der Waals surface area contributed by atoms with E-state index in [4.69, 9.17) is 19.5 Å². The summed E-state index contributed by atoms with van der Waals surface area (Å²) in [7, 11) is -3.65. The Morgan fingerprint density at radius 3 is 1.07 bits per heavy atom. The summed E-state index contributed by atoms with van der Waals surface area (Å²) in [5, 5.41) is 1.97. The predicted octanol–water partition coefficient (Wildman–Crippen LogP) is 9.84. The van der Waals surface area contributed by atoms with Gasteiger partial charge in [0.1, 0.15) is 12.1 Å². The van der Waals surface area contributed by atoms with E-state index in [1.165, 1.54) is 0 Å². The lowest BCUT2D eigenvalue weighted by Crippen LogP contribution is -2.32. The molecule has 0 N–H and O–H groups in total.